The van der Waals surface area contributed by atoms with Crippen LogP contribution in [0.15, 0.2) is 4.99 Å². The molecule has 1 saturated heterocycles. The van der Waals surface area contributed by atoms with Gasteiger partial charge in [-0.1, -0.05) is 20.3 Å². The standard InChI is InChI=1S/C20H32N6O.HI/c1-12(2)18-25-24-15-6-5-13(11-26(15)18)22-19(21-3)23-16-14-7-10-27-17(14)20(16)8-4-9-20;/h12-14,16-17H,4-11H2,1-3H3,(H2,21,22,23);1H. The number of hydrogen-bond acceptors (Lipinski definition) is 4. The van der Waals surface area contributed by atoms with Gasteiger partial charge >= 0.3 is 0 Å². The predicted molar refractivity (Wildman–Crippen MR) is 119 cm³/mol. The number of halogens is 1. The minimum absolute atomic E-state index is 0. The molecule has 0 amide bonds. The molecule has 7 nitrogen and oxygen atoms in total. The second-order valence-electron chi connectivity index (χ2n) is 9.14. The molecular weight excluding hydrogens is 467 g/mol. The lowest BCUT2D eigenvalue weighted by atomic mass is 9.46. The maximum absolute atomic E-state index is 6.05. The number of aromatic nitrogens is 3. The highest BCUT2D eigenvalue weighted by Crippen LogP contribution is 2.62. The first-order valence-corrected chi connectivity index (χ1v) is 10.7. The number of nitrogens with zero attached hydrogens (tertiary/aromatic N) is 4. The third-order valence-electron chi connectivity index (χ3n) is 7.38. The minimum Gasteiger partial charge on any atom is -0.377 e. The van der Waals surface area contributed by atoms with E-state index in [0.717, 1.165) is 43.6 Å². The van der Waals surface area contributed by atoms with Gasteiger partial charge in [0.05, 0.1) is 6.10 Å². The Morgan fingerprint density at radius 1 is 1.25 bits per heavy atom. The number of guanidine groups is 1. The number of fused-ring (bicyclic) bond motifs is 3. The Morgan fingerprint density at radius 2 is 2.07 bits per heavy atom. The van der Waals surface area contributed by atoms with Gasteiger partial charge in [-0.25, -0.2) is 0 Å². The zero-order valence-corrected chi connectivity index (χ0v) is 19.5. The SMILES string of the molecule is CN=C(NC1CCc2nnc(C(C)C)n2C1)NC1C2CCOC2C12CCC2.I. The van der Waals surface area contributed by atoms with Gasteiger partial charge in [-0.05, 0) is 25.7 Å². The van der Waals surface area contributed by atoms with Crippen LogP contribution in [0.1, 0.15) is 63.5 Å². The van der Waals surface area contributed by atoms with Crippen LogP contribution in [0.4, 0.5) is 0 Å². The van der Waals surface area contributed by atoms with Crippen molar-refractivity contribution in [2.75, 3.05) is 13.7 Å². The fourth-order valence-corrected chi connectivity index (χ4v) is 5.86. The van der Waals surface area contributed by atoms with Crippen molar-refractivity contribution >= 4 is 29.9 Å². The Bertz CT molecular complexity index is 743. The van der Waals surface area contributed by atoms with Crippen molar-refractivity contribution in [3.63, 3.8) is 0 Å². The lowest BCUT2D eigenvalue weighted by molar-refractivity contribution is -0.171. The first-order chi connectivity index (χ1) is 13.1. The van der Waals surface area contributed by atoms with E-state index in [1.54, 1.807) is 0 Å². The number of nitrogens with one attached hydrogen (secondary N) is 2. The zero-order chi connectivity index (χ0) is 18.6. The molecule has 5 rings (SSSR count). The highest BCUT2D eigenvalue weighted by molar-refractivity contribution is 14.0. The lowest BCUT2D eigenvalue weighted by Crippen LogP contribution is -2.72. The van der Waals surface area contributed by atoms with Crippen LogP contribution in [-0.2, 0) is 17.7 Å². The highest BCUT2D eigenvalue weighted by atomic mass is 127. The molecule has 3 heterocycles. The van der Waals surface area contributed by atoms with Crippen LogP contribution in [-0.4, -0.2) is 52.6 Å². The Morgan fingerprint density at radius 3 is 2.75 bits per heavy atom. The summed E-state index contributed by atoms with van der Waals surface area (Å²) >= 11 is 0. The number of aryl methyl sites for hydroxylation is 1. The van der Waals surface area contributed by atoms with E-state index in [9.17, 15) is 0 Å². The molecule has 4 atom stereocenters. The van der Waals surface area contributed by atoms with Gasteiger partial charge in [0, 0.05) is 56.0 Å². The molecule has 1 aromatic rings. The Hall–Kier alpha value is -0.900. The molecule has 0 bridgehead atoms. The molecule has 4 unspecified atom stereocenters. The molecular formula is C20H33IN6O. The summed E-state index contributed by atoms with van der Waals surface area (Å²) in [6, 6.07) is 0.885. The average Bonchev–Trinajstić information content (AvgIpc) is 3.22. The number of hydrogen-bond donors (Lipinski definition) is 2. The summed E-state index contributed by atoms with van der Waals surface area (Å²) in [5, 5.41) is 16.3. The van der Waals surface area contributed by atoms with Gasteiger partial charge in [0.15, 0.2) is 5.96 Å². The monoisotopic (exact) mass is 500 g/mol. The van der Waals surface area contributed by atoms with Crippen molar-refractivity contribution in [1.82, 2.24) is 25.4 Å². The third kappa shape index (κ3) is 3.05. The summed E-state index contributed by atoms with van der Waals surface area (Å²) in [5.74, 6) is 4.22. The molecule has 1 spiro atoms. The maximum Gasteiger partial charge on any atom is 0.191 e. The van der Waals surface area contributed by atoms with Crippen molar-refractivity contribution in [1.29, 1.82) is 0 Å². The number of aliphatic imine (C=N–C) groups is 1. The molecule has 2 N–H and O–H groups in total. The Balaban J connectivity index is 0.00000192. The smallest absolute Gasteiger partial charge is 0.191 e. The van der Waals surface area contributed by atoms with Gasteiger partial charge in [0.1, 0.15) is 11.6 Å². The molecule has 2 saturated carbocycles. The number of rotatable bonds is 3. The van der Waals surface area contributed by atoms with Crippen molar-refractivity contribution in [2.24, 2.45) is 16.3 Å². The second kappa shape index (κ2) is 7.74. The molecule has 0 aromatic carbocycles. The third-order valence-corrected chi connectivity index (χ3v) is 7.38. The van der Waals surface area contributed by atoms with Gasteiger partial charge in [-0.15, -0.1) is 34.2 Å². The fraction of sp³-hybridized carbons (Fsp3) is 0.850. The van der Waals surface area contributed by atoms with E-state index in [1.807, 2.05) is 7.05 Å². The largest absolute Gasteiger partial charge is 0.377 e. The van der Waals surface area contributed by atoms with E-state index in [4.69, 9.17) is 4.74 Å². The van der Waals surface area contributed by atoms with E-state index >= 15 is 0 Å². The van der Waals surface area contributed by atoms with Crippen LogP contribution < -0.4 is 10.6 Å². The van der Waals surface area contributed by atoms with Gasteiger partial charge < -0.3 is 19.9 Å². The quantitative estimate of drug-likeness (QED) is 0.379. The molecule has 3 fully saturated rings. The second-order valence-corrected chi connectivity index (χ2v) is 9.14. The van der Waals surface area contributed by atoms with Crippen LogP contribution in [0.3, 0.4) is 0 Å². The first kappa shape index (κ1) is 20.4. The van der Waals surface area contributed by atoms with Crippen molar-refractivity contribution in [3.05, 3.63) is 11.6 Å². The molecule has 2 aliphatic heterocycles. The van der Waals surface area contributed by atoms with Gasteiger partial charge in [0.2, 0.25) is 0 Å². The van der Waals surface area contributed by atoms with Gasteiger partial charge in [-0.3, -0.25) is 4.99 Å². The maximum atomic E-state index is 6.05. The average molecular weight is 500 g/mol. The Labute approximate surface area is 184 Å². The summed E-state index contributed by atoms with van der Waals surface area (Å²) in [4.78, 5) is 4.56. The van der Waals surface area contributed by atoms with Gasteiger partial charge in [0.25, 0.3) is 0 Å². The predicted octanol–water partition coefficient (Wildman–Crippen LogP) is 2.46. The summed E-state index contributed by atoms with van der Waals surface area (Å²) in [5.41, 5.74) is 0.373. The van der Waals surface area contributed by atoms with E-state index in [1.165, 1.54) is 25.7 Å². The first-order valence-electron chi connectivity index (χ1n) is 10.7. The van der Waals surface area contributed by atoms with Crippen LogP contribution in [0.5, 0.6) is 0 Å². The highest BCUT2D eigenvalue weighted by Gasteiger charge is 2.66. The van der Waals surface area contributed by atoms with Gasteiger partial charge in [-0.2, -0.15) is 0 Å². The molecule has 8 heteroatoms. The molecule has 2 aliphatic carbocycles. The molecule has 1 aromatic heterocycles. The fourth-order valence-electron chi connectivity index (χ4n) is 5.86. The number of ether oxygens (including phenoxy) is 1. The van der Waals surface area contributed by atoms with Crippen molar-refractivity contribution in [2.45, 2.75) is 83.0 Å². The summed E-state index contributed by atoms with van der Waals surface area (Å²) in [6.45, 7) is 6.22. The zero-order valence-electron chi connectivity index (χ0n) is 17.1. The van der Waals surface area contributed by atoms with Crippen molar-refractivity contribution < 1.29 is 4.74 Å². The van der Waals surface area contributed by atoms with Crippen LogP contribution >= 0.6 is 24.0 Å². The van der Waals surface area contributed by atoms with Crippen molar-refractivity contribution in [3.8, 4) is 0 Å². The Kier molecular flexibility index (Phi) is 5.63. The topological polar surface area (TPSA) is 76.4 Å². The molecule has 4 aliphatic rings. The van der Waals surface area contributed by atoms with E-state index in [-0.39, 0.29) is 24.0 Å². The molecule has 156 valence electrons. The van der Waals surface area contributed by atoms with E-state index in [2.05, 4.69) is 44.2 Å². The lowest BCUT2D eigenvalue weighted by Gasteiger charge is -2.63. The molecule has 28 heavy (non-hydrogen) atoms. The summed E-state index contributed by atoms with van der Waals surface area (Å²) < 4.78 is 8.36. The summed E-state index contributed by atoms with van der Waals surface area (Å²) in [6.07, 6.45) is 7.66. The minimum atomic E-state index is 0. The van der Waals surface area contributed by atoms with E-state index in [0.29, 0.717) is 35.4 Å². The van der Waals surface area contributed by atoms with Crippen LogP contribution in [0.2, 0.25) is 0 Å². The van der Waals surface area contributed by atoms with Crippen LogP contribution in [0, 0.1) is 11.3 Å². The summed E-state index contributed by atoms with van der Waals surface area (Å²) in [7, 11) is 1.89. The van der Waals surface area contributed by atoms with E-state index < -0.39 is 0 Å². The van der Waals surface area contributed by atoms with Crippen LogP contribution in [0.25, 0.3) is 0 Å². The molecule has 0 radical (unpaired) electrons. The normalized spacial score (nSPS) is 32.8.